The normalized spacial score (nSPS) is 25.0. The maximum absolute atomic E-state index is 11.7. The van der Waals surface area contributed by atoms with Crippen LogP contribution < -0.4 is 0 Å². The Morgan fingerprint density at radius 3 is 3.00 bits per heavy atom. The van der Waals surface area contributed by atoms with Gasteiger partial charge in [-0.2, -0.15) is 11.3 Å². The van der Waals surface area contributed by atoms with Crippen LogP contribution >= 0.6 is 11.3 Å². The van der Waals surface area contributed by atoms with Crippen molar-refractivity contribution in [3.8, 4) is 0 Å². The highest BCUT2D eigenvalue weighted by molar-refractivity contribution is 7.08. The number of thiophene rings is 1. The lowest BCUT2D eigenvalue weighted by Crippen LogP contribution is -2.30. The molecule has 1 unspecified atom stereocenters. The van der Waals surface area contributed by atoms with Gasteiger partial charge in [0.05, 0.1) is 6.26 Å². The predicted molar refractivity (Wildman–Crippen MR) is 56.0 cm³/mol. The molecule has 0 fully saturated rings. The third kappa shape index (κ3) is 1.21. The molecule has 2 nitrogen and oxygen atoms in total. The van der Waals surface area contributed by atoms with Crippen LogP contribution in [0.3, 0.4) is 0 Å². The fraction of sp³-hybridized carbons (Fsp3) is 0.182. The molecule has 0 aromatic carbocycles. The third-order valence-corrected chi connectivity index (χ3v) is 3.08. The van der Waals surface area contributed by atoms with E-state index in [2.05, 4.69) is 6.58 Å². The van der Waals surface area contributed by atoms with E-state index < -0.39 is 5.41 Å². The number of ether oxygens (including phenoxy) is 1. The van der Waals surface area contributed by atoms with Crippen LogP contribution in [-0.2, 0) is 14.9 Å². The standard InChI is InChI=1S/C11H10O2S/c1-2-4-11(5-6-13-10(11)12)9-3-7-14-8-9/h2-3,5-8H,1,4H2. The first-order chi connectivity index (χ1) is 6.79. The number of carbonyl (C=O) groups excluding carboxylic acids is 1. The van der Waals surface area contributed by atoms with E-state index in [9.17, 15) is 4.79 Å². The van der Waals surface area contributed by atoms with Crippen LogP contribution in [0.15, 0.2) is 41.8 Å². The van der Waals surface area contributed by atoms with E-state index in [1.807, 2.05) is 16.8 Å². The van der Waals surface area contributed by atoms with Crippen LogP contribution in [0, 0.1) is 0 Å². The Bertz CT molecular complexity index is 378. The van der Waals surface area contributed by atoms with Crippen molar-refractivity contribution in [1.82, 2.24) is 0 Å². The molecule has 0 saturated carbocycles. The van der Waals surface area contributed by atoms with E-state index in [0.29, 0.717) is 6.42 Å². The van der Waals surface area contributed by atoms with Gasteiger partial charge in [0.1, 0.15) is 5.41 Å². The van der Waals surface area contributed by atoms with Crippen molar-refractivity contribution in [1.29, 1.82) is 0 Å². The molecule has 2 heterocycles. The summed E-state index contributed by atoms with van der Waals surface area (Å²) < 4.78 is 4.88. The lowest BCUT2D eigenvalue weighted by molar-refractivity contribution is -0.140. The minimum Gasteiger partial charge on any atom is -0.434 e. The molecule has 0 aliphatic carbocycles. The molecule has 0 radical (unpaired) electrons. The van der Waals surface area contributed by atoms with Crippen molar-refractivity contribution in [2.24, 2.45) is 0 Å². The van der Waals surface area contributed by atoms with Gasteiger partial charge in [-0.15, -0.1) is 6.58 Å². The van der Waals surface area contributed by atoms with Crippen molar-refractivity contribution in [3.63, 3.8) is 0 Å². The van der Waals surface area contributed by atoms with Crippen molar-refractivity contribution < 1.29 is 9.53 Å². The summed E-state index contributed by atoms with van der Waals surface area (Å²) in [6.45, 7) is 3.68. The Morgan fingerprint density at radius 1 is 1.64 bits per heavy atom. The molecule has 0 bridgehead atoms. The fourth-order valence-corrected chi connectivity index (χ4v) is 2.35. The van der Waals surface area contributed by atoms with Crippen LogP contribution in [0.5, 0.6) is 0 Å². The number of cyclic esters (lactones) is 1. The monoisotopic (exact) mass is 206 g/mol. The van der Waals surface area contributed by atoms with E-state index in [0.717, 1.165) is 5.56 Å². The first-order valence-electron chi connectivity index (χ1n) is 4.32. The molecule has 1 aromatic rings. The number of hydrogen-bond acceptors (Lipinski definition) is 3. The molecule has 14 heavy (non-hydrogen) atoms. The number of carbonyl (C=O) groups is 1. The Hall–Kier alpha value is -1.35. The quantitative estimate of drug-likeness (QED) is 0.561. The molecule has 1 aliphatic rings. The van der Waals surface area contributed by atoms with Crippen LogP contribution in [0.25, 0.3) is 0 Å². The Morgan fingerprint density at radius 2 is 2.50 bits per heavy atom. The largest absolute Gasteiger partial charge is 0.434 e. The maximum atomic E-state index is 11.7. The SMILES string of the molecule is C=CCC1(c2ccsc2)C=COC1=O. The minimum atomic E-state index is -0.623. The Kier molecular flexibility index (Phi) is 2.25. The molecular weight excluding hydrogens is 196 g/mol. The molecule has 3 heteroatoms. The lowest BCUT2D eigenvalue weighted by atomic mass is 9.80. The van der Waals surface area contributed by atoms with Gasteiger partial charge in [0, 0.05) is 0 Å². The molecule has 0 spiro atoms. The van der Waals surface area contributed by atoms with Gasteiger partial charge in [0.15, 0.2) is 0 Å². The molecule has 1 aromatic heterocycles. The molecule has 2 rings (SSSR count). The zero-order valence-corrected chi connectivity index (χ0v) is 8.42. The second-order valence-corrected chi connectivity index (χ2v) is 3.96. The number of rotatable bonds is 3. The molecular formula is C11H10O2S. The smallest absolute Gasteiger partial charge is 0.325 e. The molecule has 0 amide bonds. The van der Waals surface area contributed by atoms with Gasteiger partial charge < -0.3 is 4.74 Å². The van der Waals surface area contributed by atoms with E-state index in [1.54, 1.807) is 23.5 Å². The fourth-order valence-electron chi connectivity index (χ4n) is 1.61. The zero-order valence-electron chi connectivity index (χ0n) is 7.60. The first kappa shape index (κ1) is 9.21. The number of hydrogen-bond donors (Lipinski definition) is 0. The summed E-state index contributed by atoms with van der Waals surface area (Å²) in [7, 11) is 0. The minimum absolute atomic E-state index is 0.212. The highest BCUT2D eigenvalue weighted by Crippen LogP contribution is 2.36. The lowest BCUT2D eigenvalue weighted by Gasteiger charge is -2.20. The molecule has 0 saturated heterocycles. The summed E-state index contributed by atoms with van der Waals surface area (Å²) >= 11 is 1.58. The van der Waals surface area contributed by atoms with Crippen LogP contribution in [0.4, 0.5) is 0 Å². The molecule has 72 valence electrons. The van der Waals surface area contributed by atoms with Crippen LogP contribution in [-0.4, -0.2) is 5.97 Å². The number of allylic oxidation sites excluding steroid dienone is 1. The van der Waals surface area contributed by atoms with Gasteiger partial charge in [-0.25, -0.2) is 0 Å². The van der Waals surface area contributed by atoms with Gasteiger partial charge in [0.25, 0.3) is 0 Å². The van der Waals surface area contributed by atoms with E-state index in [-0.39, 0.29) is 5.97 Å². The summed E-state index contributed by atoms with van der Waals surface area (Å²) in [4.78, 5) is 11.7. The van der Waals surface area contributed by atoms with Gasteiger partial charge in [-0.3, -0.25) is 4.79 Å². The molecule has 1 aliphatic heterocycles. The predicted octanol–water partition coefficient (Wildman–Crippen LogP) is 2.63. The van der Waals surface area contributed by atoms with Crippen molar-refractivity contribution in [3.05, 3.63) is 47.4 Å². The second kappa shape index (κ2) is 3.42. The maximum Gasteiger partial charge on any atom is 0.325 e. The summed E-state index contributed by atoms with van der Waals surface area (Å²) in [6, 6.07) is 1.95. The van der Waals surface area contributed by atoms with Gasteiger partial charge in [-0.05, 0) is 34.9 Å². The summed E-state index contributed by atoms with van der Waals surface area (Å²) in [5.74, 6) is -0.212. The van der Waals surface area contributed by atoms with E-state index in [1.165, 1.54) is 6.26 Å². The molecule has 1 atom stereocenters. The van der Waals surface area contributed by atoms with Gasteiger partial charge in [0.2, 0.25) is 0 Å². The average Bonchev–Trinajstić information content (AvgIpc) is 2.77. The molecule has 0 N–H and O–H groups in total. The van der Waals surface area contributed by atoms with E-state index in [4.69, 9.17) is 4.74 Å². The van der Waals surface area contributed by atoms with Crippen molar-refractivity contribution >= 4 is 17.3 Å². The summed E-state index contributed by atoms with van der Waals surface area (Å²) in [5.41, 5.74) is 0.364. The van der Waals surface area contributed by atoms with Gasteiger partial charge in [-0.1, -0.05) is 6.08 Å². The summed E-state index contributed by atoms with van der Waals surface area (Å²) in [6.07, 6.45) is 5.59. The number of esters is 1. The first-order valence-corrected chi connectivity index (χ1v) is 5.26. The second-order valence-electron chi connectivity index (χ2n) is 3.18. The van der Waals surface area contributed by atoms with Crippen LogP contribution in [0.1, 0.15) is 12.0 Å². The highest BCUT2D eigenvalue weighted by atomic mass is 32.1. The summed E-state index contributed by atoms with van der Waals surface area (Å²) in [5, 5.41) is 3.93. The van der Waals surface area contributed by atoms with Gasteiger partial charge >= 0.3 is 5.97 Å². The van der Waals surface area contributed by atoms with Crippen LogP contribution in [0.2, 0.25) is 0 Å². The average molecular weight is 206 g/mol. The van der Waals surface area contributed by atoms with E-state index >= 15 is 0 Å². The van der Waals surface area contributed by atoms with Crippen molar-refractivity contribution in [2.45, 2.75) is 11.8 Å². The Balaban J connectivity index is 2.46. The van der Waals surface area contributed by atoms with Crippen molar-refractivity contribution in [2.75, 3.05) is 0 Å². The third-order valence-electron chi connectivity index (χ3n) is 2.39. The Labute approximate surface area is 86.5 Å². The highest BCUT2D eigenvalue weighted by Gasteiger charge is 2.41. The zero-order chi connectivity index (χ0) is 10.0. The topological polar surface area (TPSA) is 26.3 Å².